The fraction of sp³-hybridized carbons (Fsp3) is 0.207. The number of carbonyl (C=O) groups is 3. The highest BCUT2D eigenvalue weighted by Gasteiger charge is 2.38. The molecule has 0 fully saturated rings. The first-order valence-electron chi connectivity index (χ1n) is 12.2. The summed E-state index contributed by atoms with van der Waals surface area (Å²) in [5, 5.41) is 10.5. The van der Waals surface area contributed by atoms with Crippen molar-refractivity contribution in [2.75, 3.05) is 12.4 Å². The lowest BCUT2D eigenvalue weighted by Crippen LogP contribution is -2.45. The maximum atomic E-state index is 13.2. The summed E-state index contributed by atoms with van der Waals surface area (Å²) in [7, 11) is 1.33. The number of benzene rings is 3. The Kier molecular flexibility index (Phi) is 6.74. The molecule has 38 heavy (non-hydrogen) atoms. The van der Waals surface area contributed by atoms with Crippen LogP contribution in [0.5, 0.6) is 0 Å². The van der Waals surface area contributed by atoms with Crippen LogP contribution in [-0.2, 0) is 16.1 Å². The Morgan fingerprint density at radius 2 is 1.66 bits per heavy atom. The minimum Gasteiger partial charge on any atom is -0.467 e. The van der Waals surface area contributed by atoms with Gasteiger partial charge in [-0.2, -0.15) is 0 Å². The highest BCUT2D eigenvalue weighted by molar-refractivity contribution is 6.02. The van der Waals surface area contributed by atoms with Crippen molar-refractivity contribution in [3.05, 3.63) is 89.8 Å². The lowest BCUT2D eigenvalue weighted by atomic mass is 10.00. The number of rotatable bonds is 7. The first kappa shape index (κ1) is 24.9. The zero-order valence-electron chi connectivity index (χ0n) is 21.2. The van der Waals surface area contributed by atoms with Gasteiger partial charge in [0, 0.05) is 23.4 Å². The second kappa shape index (κ2) is 10.3. The molecule has 1 aromatic heterocycles. The van der Waals surface area contributed by atoms with Gasteiger partial charge in [0.1, 0.15) is 6.04 Å². The van der Waals surface area contributed by atoms with Gasteiger partial charge < -0.3 is 19.4 Å². The third-order valence-electron chi connectivity index (χ3n) is 6.47. The number of nitrogens with one attached hydrogen (secondary N) is 1. The Labute approximate surface area is 219 Å². The van der Waals surface area contributed by atoms with E-state index in [1.165, 1.54) is 7.11 Å². The van der Waals surface area contributed by atoms with Crippen molar-refractivity contribution in [3.8, 4) is 22.6 Å². The molecule has 1 aliphatic rings. The molecule has 4 aromatic rings. The van der Waals surface area contributed by atoms with Crippen LogP contribution >= 0.6 is 0 Å². The summed E-state index contributed by atoms with van der Waals surface area (Å²) in [5.74, 6) is -1.08. The Bertz CT molecular complexity index is 1500. The molecule has 1 N–H and O–H groups in total. The summed E-state index contributed by atoms with van der Waals surface area (Å²) >= 11 is 0. The van der Waals surface area contributed by atoms with Crippen LogP contribution in [0.4, 0.5) is 5.69 Å². The second-order valence-corrected chi connectivity index (χ2v) is 9.33. The molecule has 2 heterocycles. The van der Waals surface area contributed by atoms with E-state index in [0.717, 1.165) is 22.3 Å². The van der Waals surface area contributed by atoms with Gasteiger partial charge in [0.2, 0.25) is 5.89 Å². The largest absolute Gasteiger partial charge is 0.467 e. The van der Waals surface area contributed by atoms with Crippen LogP contribution < -0.4 is 5.32 Å². The first-order valence-corrected chi connectivity index (χ1v) is 12.2. The Hall–Kier alpha value is -4.79. The molecule has 192 valence electrons. The summed E-state index contributed by atoms with van der Waals surface area (Å²) < 4.78 is 10.5. The molecule has 9 heteroatoms. The van der Waals surface area contributed by atoms with Gasteiger partial charge in [-0.05, 0) is 52.9 Å². The van der Waals surface area contributed by atoms with E-state index >= 15 is 0 Å². The van der Waals surface area contributed by atoms with Crippen molar-refractivity contribution in [2.45, 2.75) is 26.4 Å². The van der Waals surface area contributed by atoms with E-state index in [4.69, 9.17) is 9.15 Å². The van der Waals surface area contributed by atoms with Crippen molar-refractivity contribution in [1.29, 1.82) is 0 Å². The number of aromatic nitrogens is 2. The molecule has 0 radical (unpaired) electrons. The van der Waals surface area contributed by atoms with Gasteiger partial charge in [0.15, 0.2) is 0 Å². The van der Waals surface area contributed by atoms with Gasteiger partial charge in [-0.15, -0.1) is 10.2 Å². The average molecular weight is 511 g/mol. The van der Waals surface area contributed by atoms with E-state index < -0.39 is 17.9 Å². The highest BCUT2D eigenvalue weighted by Crippen LogP contribution is 2.32. The van der Waals surface area contributed by atoms with Crippen molar-refractivity contribution >= 4 is 23.5 Å². The summed E-state index contributed by atoms with van der Waals surface area (Å²) in [6.45, 7) is 4.15. The van der Waals surface area contributed by atoms with Crippen LogP contribution in [0.2, 0.25) is 0 Å². The molecule has 0 saturated heterocycles. The number of hydrogen-bond donors (Lipinski definition) is 1. The monoisotopic (exact) mass is 510 g/mol. The summed E-state index contributed by atoms with van der Waals surface area (Å²) in [6, 6.07) is 21.5. The molecule has 2 amide bonds. The SMILES string of the molecule is COC(=O)[C@H](C(C)C)N1Cc2ccc(-c3ccc(NC(=O)c4nnc(-c5ccccc5)o4)cc3)cc2C1=O. The van der Waals surface area contributed by atoms with Crippen LogP contribution in [0, 0.1) is 5.92 Å². The predicted octanol–water partition coefficient (Wildman–Crippen LogP) is 4.81. The van der Waals surface area contributed by atoms with Gasteiger partial charge >= 0.3 is 17.8 Å². The van der Waals surface area contributed by atoms with E-state index in [1.54, 1.807) is 17.0 Å². The van der Waals surface area contributed by atoms with Crippen molar-refractivity contribution in [2.24, 2.45) is 5.92 Å². The maximum absolute atomic E-state index is 13.2. The maximum Gasteiger partial charge on any atom is 0.328 e. The molecular formula is C29H26N4O5. The minimum atomic E-state index is -0.645. The van der Waals surface area contributed by atoms with E-state index in [-0.39, 0.29) is 23.6 Å². The molecule has 9 nitrogen and oxygen atoms in total. The number of fused-ring (bicyclic) bond motifs is 1. The summed E-state index contributed by atoms with van der Waals surface area (Å²) in [6.07, 6.45) is 0. The predicted molar refractivity (Wildman–Crippen MR) is 140 cm³/mol. The van der Waals surface area contributed by atoms with Gasteiger partial charge in [-0.25, -0.2) is 4.79 Å². The molecule has 5 rings (SSSR count). The highest BCUT2D eigenvalue weighted by atomic mass is 16.5. The molecule has 0 bridgehead atoms. The van der Waals surface area contributed by atoms with Crippen molar-refractivity contribution in [1.82, 2.24) is 15.1 Å². The number of hydrogen-bond acceptors (Lipinski definition) is 7. The fourth-order valence-corrected chi connectivity index (χ4v) is 4.55. The molecule has 1 aliphatic heterocycles. The number of carbonyl (C=O) groups excluding carboxylic acids is 3. The topological polar surface area (TPSA) is 115 Å². The zero-order chi connectivity index (χ0) is 26.8. The van der Waals surface area contributed by atoms with Gasteiger partial charge in [0.25, 0.3) is 5.91 Å². The minimum absolute atomic E-state index is 0.0833. The van der Waals surface area contributed by atoms with E-state index in [9.17, 15) is 14.4 Å². The molecule has 0 unspecified atom stereocenters. The molecule has 3 aromatic carbocycles. The van der Waals surface area contributed by atoms with Crippen LogP contribution in [0.25, 0.3) is 22.6 Å². The Balaban J connectivity index is 1.29. The number of ether oxygens (including phenoxy) is 1. The molecule has 0 spiro atoms. The van der Waals surface area contributed by atoms with Crippen LogP contribution in [-0.4, -0.2) is 46.0 Å². The number of amides is 2. The van der Waals surface area contributed by atoms with Crippen LogP contribution in [0.3, 0.4) is 0 Å². The van der Waals surface area contributed by atoms with Crippen molar-refractivity contribution < 1.29 is 23.5 Å². The summed E-state index contributed by atoms with van der Waals surface area (Å²) in [4.78, 5) is 39.7. The first-order chi connectivity index (χ1) is 18.4. The smallest absolute Gasteiger partial charge is 0.328 e. The number of anilines is 1. The molecule has 0 saturated carbocycles. The normalized spacial score (nSPS) is 13.4. The lowest BCUT2D eigenvalue weighted by Gasteiger charge is -2.28. The number of esters is 1. The van der Waals surface area contributed by atoms with E-state index in [0.29, 0.717) is 17.8 Å². The molecule has 1 atom stereocenters. The zero-order valence-corrected chi connectivity index (χ0v) is 21.2. The average Bonchev–Trinajstić information content (AvgIpc) is 3.55. The molecular weight excluding hydrogens is 484 g/mol. The lowest BCUT2D eigenvalue weighted by molar-refractivity contribution is -0.147. The Morgan fingerprint density at radius 1 is 0.947 bits per heavy atom. The van der Waals surface area contributed by atoms with E-state index in [2.05, 4.69) is 15.5 Å². The van der Waals surface area contributed by atoms with Crippen LogP contribution in [0.15, 0.2) is 77.2 Å². The van der Waals surface area contributed by atoms with E-state index in [1.807, 2.05) is 74.5 Å². The number of nitrogens with zero attached hydrogens (tertiary/aromatic N) is 3. The third kappa shape index (κ3) is 4.78. The van der Waals surface area contributed by atoms with Gasteiger partial charge in [0.05, 0.1) is 7.11 Å². The third-order valence-corrected chi connectivity index (χ3v) is 6.47. The van der Waals surface area contributed by atoms with Crippen LogP contribution in [0.1, 0.15) is 40.5 Å². The fourth-order valence-electron chi connectivity index (χ4n) is 4.55. The second-order valence-electron chi connectivity index (χ2n) is 9.33. The van der Waals surface area contributed by atoms with Gasteiger partial charge in [-0.3, -0.25) is 9.59 Å². The molecule has 0 aliphatic carbocycles. The quantitative estimate of drug-likeness (QED) is 0.355. The van der Waals surface area contributed by atoms with Crippen molar-refractivity contribution in [3.63, 3.8) is 0 Å². The summed E-state index contributed by atoms with van der Waals surface area (Å²) in [5.41, 5.74) is 4.44. The standard InChI is InChI=1S/C29H26N4O5/c1-17(2)24(29(36)37-3)33-16-21-10-9-20(15-23(21)28(33)35)18-11-13-22(14-12-18)30-25(34)27-32-31-26(38-27)19-7-5-4-6-8-19/h4-15,17,24H,16H2,1-3H3,(H,30,34)/t24-/m0/s1. The number of methoxy groups -OCH3 is 1. The van der Waals surface area contributed by atoms with Gasteiger partial charge in [-0.1, -0.05) is 56.3 Å². The Morgan fingerprint density at radius 3 is 2.34 bits per heavy atom.